The minimum absolute atomic E-state index is 0.364. The molecule has 1 aromatic heterocycles. The maximum absolute atomic E-state index is 5.76. The van der Waals surface area contributed by atoms with Crippen LogP contribution in [0, 0.1) is 11.8 Å². The molecular weight excluding hydrogens is 240 g/mol. The van der Waals surface area contributed by atoms with Crippen molar-refractivity contribution in [3.8, 4) is 0 Å². The molecule has 3 heteroatoms. The Morgan fingerprint density at radius 3 is 2.72 bits per heavy atom. The number of rotatable bonds is 6. The normalized spacial score (nSPS) is 26.1. The zero-order chi connectivity index (χ0) is 12.8. The smallest absolute Gasteiger partial charge is 0.0496 e. The highest BCUT2D eigenvalue weighted by Crippen LogP contribution is 2.38. The van der Waals surface area contributed by atoms with Gasteiger partial charge in [0, 0.05) is 6.04 Å². The fourth-order valence-corrected chi connectivity index (χ4v) is 3.96. The molecule has 0 aromatic carbocycles. The van der Waals surface area contributed by atoms with Crippen molar-refractivity contribution in [1.82, 2.24) is 5.43 Å². The third kappa shape index (κ3) is 3.56. The van der Waals surface area contributed by atoms with Crippen molar-refractivity contribution in [3.63, 3.8) is 0 Å². The summed E-state index contributed by atoms with van der Waals surface area (Å²) in [5, 5.41) is 4.38. The van der Waals surface area contributed by atoms with Gasteiger partial charge in [-0.05, 0) is 47.1 Å². The minimum Gasteiger partial charge on any atom is -0.271 e. The van der Waals surface area contributed by atoms with Gasteiger partial charge in [-0.2, -0.15) is 11.3 Å². The Morgan fingerprint density at radius 2 is 2.17 bits per heavy atom. The Bertz CT molecular complexity index is 315. The largest absolute Gasteiger partial charge is 0.271 e. The Morgan fingerprint density at radius 1 is 1.39 bits per heavy atom. The van der Waals surface area contributed by atoms with Gasteiger partial charge in [-0.25, -0.2) is 0 Å². The monoisotopic (exact) mass is 266 g/mol. The summed E-state index contributed by atoms with van der Waals surface area (Å²) in [5.41, 5.74) is 4.41. The third-order valence-corrected chi connectivity index (χ3v) is 5.11. The average molecular weight is 266 g/mol. The molecule has 102 valence electrons. The lowest BCUT2D eigenvalue weighted by Gasteiger charge is -2.33. The number of hydrogen-bond acceptors (Lipinski definition) is 3. The number of thiophene rings is 1. The summed E-state index contributed by atoms with van der Waals surface area (Å²) in [5.74, 6) is 7.46. The molecular formula is C15H26N2S. The first kappa shape index (κ1) is 14.0. The van der Waals surface area contributed by atoms with Crippen LogP contribution in [0.1, 0.15) is 63.5 Å². The summed E-state index contributed by atoms with van der Waals surface area (Å²) in [4.78, 5) is 0. The molecule has 1 atom stereocenters. The lowest BCUT2D eigenvalue weighted by molar-refractivity contribution is 0.214. The zero-order valence-corrected chi connectivity index (χ0v) is 12.2. The van der Waals surface area contributed by atoms with E-state index in [-0.39, 0.29) is 0 Å². The van der Waals surface area contributed by atoms with E-state index in [2.05, 4.69) is 29.2 Å². The predicted molar refractivity (Wildman–Crippen MR) is 79.4 cm³/mol. The maximum atomic E-state index is 5.76. The van der Waals surface area contributed by atoms with Crippen LogP contribution in [0.4, 0.5) is 0 Å². The molecule has 2 nitrogen and oxygen atoms in total. The van der Waals surface area contributed by atoms with Gasteiger partial charge in [0.15, 0.2) is 0 Å². The van der Waals surface area contributed by atoms with Gasteiger partial charge in [-0.3, -0.25) is 11.3 Å². The first-order chi connectivity index (χ1) is 8.85. The molecule has 0 radical (unpaired) electrons. The van der Waals surface area contributed by atoms with Gasteiger partial charge < -0.3 is 0 Å². The van der Waals surface area contributed by atoms with Crippen molar-refractivity contribution in [1.29, 1.82) is 0 Å². The van der Waals surface area contributed by atoms with E-state index in [1.165, 1.54) is 50.5 Å². The lowest BCUT2D eigenvalue weighted by atomic mass is 9.76. The summed E-state index contributed by atoms with van der Waals surface area (Å²) in [7, 11) is 0. The second-order valence-electron chi connectivity index (χ2n) is 5.62. The molecule has 0 amide bonds. The van der Waals surface area contributed by atoms with Gasteiger partial charge in [-0.15, -0.1) is 0 Å². The number of hydrazine groups is 1. The Hall–Kier alpha value is -0.380. The van der Waals surface area contributed by atoms with E-state index < -0.39 is 0 Å². The van der Waals surface area contributed by atoms with Crippen LogP contribution in [0.2, 0.25) is 0 Å². The first-order valence-corrected chi connectivity index (χ1v) is 8.27. The van der Waals surface area contributed by atoms with Gasteiger partial charge in [0.1, 0.15) is 0 Å². The molecule has 1 saturated carbocycles. The van der Waals surface area contributed by atoms with Gasteiger partial charge >= 0.3 is 0 Å². The molecule has 1 aliphatic carbocycles. The Kier molecular flexibility index (Phi) is 5.67. The molecule has 3 N–H and O–H groups in total. The summed E-state index contributed by atoms with van der Waals surface area (Å²) in [6, 6.07) is 2.57. The summed E-state index contributed by atoms with van der Waals surface area (Å²) in [6.45, 7) is 2.29. The molecule has 0 spiro atoms. The van der Waals surface area contributed by atoms with E-state index in [4.69, 9.17) is 5.84 Å². The van der Waals surface area contributed by atoms with E-state index in [1.54, 1.807) is 11.3 Å². The SMILES string of the molecule is CCCCC1CCC(C(NN)c2ccsc2)CC1. The van der Waals surface area contributed by atoms with Crippen molar-refractivity contribution >= 4 is 11.3 Å². The van der Waals surface area contributed by atoms with Gasteiger partial charge in [-0.1, -0.05) is 39.0 Å². The molecule has 1 aliphatic rings. The molecule has 2 rings (SSSR count). The quantitative estimate of drug-likeness (QED) is 0.597. The number of nitrogens with two attached hydrogens (primary N) is 1. The van der Waals surface area contributed by atoms with Crippen molar-refractivity contribution in [2.75, 3.05) is 0 Å². The summed E-state index contributed by atoms with van der Waals surface area (Å²) in [6.07, 6.45) is 9.63. The van der Waals surface area contributed by atoms with Crippen LogP contribution in [0.15, 0.2) is 16.8 Å². The molecule has 1 fully saturated rings. The van der Waals surface area contributed by atoms with Crippen LogP contribution < -0.4 is 11.3 Å². The fraction of sp³-hybridized carbons (Fsp3) is 0.733. The van der Waals surface area contributed by atoms with E-state index in [9.17, 15) is 0 Å². The van der Waals surface area contributed by atoms with Crippen molar-refractivity contribution < 1.29 is 0 Å². The predicted octanol–water partition coefficient (Wildman–Crippen LogP) is 4.25. The standard InChI is InChI=1S/C15H26N2S/c1-2-3-4-12-5-7-13(8-6-12)15(17-16)14-9-10-18-11-14/h9-13,15,17H,2-8,16H2,1H3. The zero-order valence-electron chi connectivity index (χ0n) is 11.4. The van der Waals surface area contributed by atoms with Crippen molar-refractivity contribution in [3.05, 3.63) is 22.4 Å². The van der Waals surface area contributed by atoms with E-state index in [0.29, 0.717) is 6.04 Å². The van der Waals surface area contributed by atoms with Crippen LogP contribution in [-0.2, 0) is 0 Å². The van der Waals surface area contributed by atoms with E-state index in [1.807, 2.05) is 0 Å². The molecule has 0 bridgehead atoms. The van der Waals surface area contributed by atoms with Gasteiger partial charge in [0.05, 0.1) is 0 Å². The average Bonchev–Trinajstić information content (AvgIpc) is 2.93. The highest BCUT2D eigenvalue weighted by molar-refractivity contribution is 7.07. The van der Waals surface area contributed by atoms with E-state index in [0.717, 1.165) is 11.8 Å². The number of hydrogen-bond donors (Lipinski definition) is 2. The van der Waals surface area contributed by atoms with Gasteiger partial charge in [0.25, 0.3) is 0 Å². The second-order valence-corrected chi connectivity index (χ2v) is 6.40. The molecule has 1 unspecified atom stereocenters. The Labute approximate surface area is 115 Å². The second kappa shape index (κ2) is 7.27. The van der Waals surface area contributed by atoms with Crippen LogP contribution in [0.25, 0.3) is 0 Å². The van der Waals surface area contributed by atoms with Crippen LogP contribution in [0.5, 0.6) is 0 Å². The molecule has 0 saturated heterocycles. The van der Waals surface area contributed by atoms with Gasteiger partial charge in [0.2, 0.25) is 0 Å². The molecule has 1 aromatic rings. The minimum atomic E-state index is 0.364. The fourth-order valence-electron chi connectivity index (χ4n) is 3.26. The number of nitrogens with one attached hydrogen (secondary N) is 1. The van der Waals surface area contributed by atoms with Crippen molar-refractivity contribution in [2.24, 2.45) is 17.7 Å². The first-order valence-electron chi connectivity index (χ1n) is 7.33. The maximum Gasteiger partial charge on any atom is 0.0496 e. The third-order valence-electron chi connectivity index (χ3n) is 4.41. The highest BCUT2D eigenvalue weighted by Gasteiger charge is 2.27. The van der Waals surface area contributed by atoms with Crippen molar-refractivity contribution in [2.45, 2.75) is 57.9 Å². The van der Waals surface area contributed by atoms with Crippen LogP contribution in [0.3, 0.4) is 0 Å². The molecule has 0 aliphatic heterocycles. The van der Waals surface area contributed by atoms with Crippen LogP contribution >= 0.6 is 11.3 Å². The van der Waals surface area contributed by atoms with E-state index >= 15 is 0 Å². The molecule has 18 heavy (non-hydrogen) atoms. The summed E-state index contributed by atoms with van der Waals surface area (Å²) >= 11 is 1.76. The molecule has 1 heterocycles. The van der Waals surface area contributed by atoms with Crippen LogP contribution in [-0.4, -0.2) is 0 Å². The number of unbranched alkanes of at least 4 members (excludes halogenated alkanes) is 1. The Balaban J connectivity index is 1.84. The summed E-state index contributed by atoms with van der Waals surface area (Å²) < 4.78 is 0. The lowest BCUT2D eigenvalue weighted by Crippen LogP contribution is -2.35. The highest BCUT2D eigenvalue weighted by atomic mass is 32.1. The topological polar surface area (TPSA) is 38.0 Å².